The van der Waals surface area contributed by atoms with Gasteiger partial charge in [-0.3, -0.25) is 0 Å². The second kappa shape index (κ2) is 5.13. The van der Waals surface area contributed by atoms with E-state index in [4.69, 9.17) is 9.51 Å². The third kappa shape index (κ3) is 2.38. The highest BCUT2D eigenvalue weighted by atomic mass is 19.1. The number of aromatic nitrogens is 2. The Morgan fingerprint density at radius 2 is 1.91 bits per heavy atom. The molecule has 1 N–H and O–H groups in total. The van der Waals surface area contributed by atoms with Crippen molar-refractivity contribution in [1.82, 2.24) is 15.5 Å². The number of benzene rings is 1. The summed E-state index contributed by atoms with van der Waals surface area (Å²) in [6.07, 6.45) is 5.74. The van der Waals surface area contributed by atoms with E-state index >= 15 is 0 Å². The van der Waals surface area contributed by atoms with Crippen molar-refractivity contribution in [3.63, 3.8) is 0 Å². The number of nitrogens with one attached hydrogen (secondary N) is 1. The van der Waals surface area contributed by atoms with Crippen LogP contribution in [-0.4, -0.2) is 22.2 Å². The molecular formula is C18H20FN3O. The first-order valence-corrected chi connectivity index (χ1v) is 8.63. The number of nitrogens with zero attached hydrogens (tertiary/aromatic N) is 2. The highest BCUT2D eigenvalue weighted by Gasteiger charge is 2.46. The van der Waals surface area contributed by atoms with E-state index in [1.165, 1.54) is 24.8 Å². The van der Waals surface area contributed by atoms with Crippen LogP contribution in [0.3, 0.4) is 0 Å². The number of hydrogen-bond acceptors (Lipinski definition) is 4. The molecular weight excluding hydrogens is 293 g/mol. The van der Waals surface area contributed by atoms with Gasteiger partial charge in [0.25, 0.3) is 0 Å². The van der Waals surface area contributed by atoms with Gasteiger partial charge in [-0.15, -0.1) is 0 Å². The largest absolute Gasteiger partial charge is 0.339 e. The standard InChI is InChI=1S/C18H20FN3O/c19-12-5-3-10(4-6-12)14-9-13-7-8-15(20-13)16(14)18-21-17(22-23-18)11-1-2-11/h3-6,11,13-16,20H,1-2,7-9H2/t13-,14+,15+,16+/m0/s1. The van der Waals surface area contributed by atoms with Gasteiger partial charge in [0.05, 0.1) is 5.92 Å². The summed E-state index contributed by atoms with van der Waals surface area (Å²) >= 11 is 0. The lowest BCUT2D eigenvalue weighted by Gasteiger charge is -2.35. The monoisotopic (exact) mass is 313 g/mol. The molecule has 2 bridgehead atoms. The fraction of sp³-hybridized carbons (Fsp3) is 0.556. The Morgan fingerprint density at radius 1 is 1.09 bits per heavy atom. The van der Waals surface area contributed by atoms with E-state index in [1.807, 2.05) is 12.1 Å². The van der Waals surface area contributed by atoms with Crippen LogP contribution in [0.5, 0.6) is 0 Å². The minimum Gasteiger partial charge on any atom is -0.339 e. The van der Waals surface area contributed by atoms with Crippen LogP contribution in [0.4, 0.5) is 4.39 Å². The molecule has 1 saturated carbocycles. The van der Waals surface area contributed by atoms with Gasteiger partial charge >= 0.3 is 0 Å². The van der Waals surface area contributed by atoms with Gasteiger partial charge in [-0.05, 0) is 55.7 Å². The van der Waals surface area contributed by atoms with Crippen molar-refractivity contribution in [3.05, 3.63) is 47.4 Å². The molecule has 3 heterocycles. The summed E-state index contributed by atoms with van der Waals surface area (Å²) < 4.78 is 18.9. The van der Waals surface area contributed by atoms with Crippen LogP contribution in [0.2, 0.25) is 0 Å². The molecule has 1 aromatic heterocycles. The minimum absolute atomic E-state index is 0.184. The maximum atomic E-state index is 13.3. The molecule has 0 unspecified atom stereocenters. The predicted octanol–water partition coefficient (Wildman–Crippen LogP) is 3.48. The third-order valence-electron chi connectivity index (χ3n) is 5.66. The van der Waals surface area contributed by atoms with Crippen molar-refractivity contribution in [2.75, 3.05) is 0 Å². The molecule has 23 heavy (non-hydrogen) atoms. The number of fused-ring (bicyclic) bond motifs is 2. The van der Waals surface area contributed by atoms with Crippen molar-refractivity contribution in [3.8, 4) is 0 Å². The summed E-state index contributed by atoms with van der Waals surface area (Å²) in [5, 5.41) is 7.91. The van der Waals surface area contributed by atoms with Gasteiger partial charge in [0.1, 0.15) is 5.82 Å². The average molecular weight is 313 g/mol. The van der Waals surface area contributed by atoms with Crippen LogP contribution >= 0.6 is 0 Å². The molecule has 1 aromatic carbocycles. The molecule has 0 radical (unpaired) electrons. The van der Waals surface area contributed by atoms with Crippen LogP contribution < -0.4 is 5.32 Å². The van der Waals surface area contributed by atoms with Gasteiger partial charge in [0, 0.05) is 18.0 Å². The van der Waals surface area contributed by atoms with E-state index in [2.05, 4.69) is 10.5 Å². The van der Waals surface area contributed by atoms with E-state index in [0.29, 0.717) is 23.9 Å². The van der Waals surface area contributed by atoms with E-state index in [1.54, 1.807) is 12.1 Å². The second-order valence-electron chi connectivity index (χ2n) is 7.23. The van der Waals surface area contributed by atoms with Crippen molar-refractivity contribution in [2.45, 2.75) is 61.9 Å². The van der Waals surface area contributed by atoms with Gasteiger partial charge in [-0.25, -0.2) is 4.39 Å². The van der Waals surface area contributed by atoms with Crippen molar-refractivity contribution >= 4 is 0 Å². The maximum absolute atomic E-state index is 13.3. The van der Waals surface area contributed by atoms with Crippen molar-refractivity contribution < 1.29 is 8.91 Å². The zero-order chi connectivity index (χ0) is 15.4. The van der Waals surface area contributed by atoms with Gasteiger partial charge in [-0.2, -0.15) is 4.98 Å². The Kier molecular flexibility index (Phi) is 3.05. The topological polar surface area (TPSA) is 51.0 Å². The Hall–Kier alpha value is -1.75. The SMILES string of the molecule is Fc1ccc([C@H]2C[C@@H]3CC[C@@H](N3)[C@@H]2c2nc(C3CC3)no2)cc1. The van der Waals surface area contributed by atoms with Gasteiger partial charge < -0.3 is 9.84 Å². The van der Waals surface area contributed by atoms with Crippen LogP contribution in [0.15, 0.2) is 28.8 Å². The molecule has 120 valence electrons. The zero-order valence-corrected chi connectivity index (χ0v) is 12.9. The molecule has 5 rings (SSSR count). The quantitative estimate of drug-likeness (QED) is 0.942. The smallest absolute Gasteiger partial charge is 0.231 e. The fourth-order valence-corrected chi connectivity index (χ4v) is 4.34. The van der Waals surface area contributed by atoms with Gasteiger partial charge in [0.15, 0.2) is 5.82 Å². The minimum atomic E-state index is -0.184. The molecule has 4 atom stereocenters. The lowest BCUT2D eigenvalue weighted by atomic mass is 9.77. The lowest BCUT2D eigenvalue weighted by molar-refractivity contribution is 0.253. The molecule has 0 amide bonds. The Morgan fingerprint density at radius 3 is 2.70 bits per heavy atom. The molecule has 3 aliphatic rings. The average Bonchev–Trinajstić information content (AvgIpc) is 3.19. The molecule has 1 aliphatic carbocycles. The molecule has 4 nitrogen and oxygen atoms in total. The Labute approximate surface area is 134 Å². The summed E-state index contributed by atoms with van der Waals surface area (Å²) in [6, 6.07) is 7.87. The molecule has 3 fully saturated rings. The lowest BCUT2D eigenvalue weighted by Crippen LogP contribution is -2.43. The van der Waals surface area contributed by atoms with Gasteiger partial charge in [0.2, 0.25) is 5.89 Å². The molecule has 2 saturated heterocycles. The maximum Gasteiger partial charge on any atom is 0.231 e. The number of halogens is 1. The highest BCUT2D eigenvalue weighted by molar-refractivity contribution is 5.28. The molecule has 2 aromatic rings. The summed E-state index contributed by atoms with van der Waals surface area (Å²) in [4.78, 5) is 4.71. The van der Waals surface area contributed by atoms with Crippen molar-refractivity contribution in [1.29, 1.82) is 0 Å². The number of piperidine rings is 1. The zero-order valence-electron chi connectivity index (χ0n) is 12.9. The van der Waals surface area contributed by atoms with Crippen molar-refractivity contribution in [2.24, 2.45) is 0 Å². The van der Waals surface area contributed by atoms with E-state index in [-0.39, 0.29) is 11.7 Å². The first kappa shape index (κ1) is 13.7. The third-order valence-corrected chi connectivity index (χ3v) is 5.66. The normalized spacial score (nSPS) is 33.1. The van der Waals surface area contributed by atoms with Crippen LogP contribution in [0, 0.1) is 5.82 Å². The van der Waals surface area contributed by atoms with E-state index in [9.17, 15) is 4.39 Å². The van der Waals surface area contributed by atoms with Crippen LogP contribution in [0.1, 0.15) is 67.1 Å². The van der Waals surface area contributed by atoms with Crippen LogP contribution in [0.25, 0.3) is 0 Å². The fourth-order valence-electron chi connectivity index (χ4n) is 4.34. The Balaban J connectivity index is 1.52. The summed E-state index contributed by atoms with van der Waals surface area (Å²) in [5.74, 6) is 2.47. The van der Waals surface area contributed by atoms with E-state index < -0.39 is 0 Å². The summed E-state index contributed by atoms with van der Waals surface area (Å²) in [6.45, 7) is 0. The first-order chi connectivity index (χ1) is 11.3. The summed E-state index contributed by atoms with van der Waals surface area (Å²) in [5.41, 5.74) is 1.18. The molecule has 2 aliphatic heterocycles. The number of hydrogen-bond donors (Lipinski definition) is 1. The van der Waals surface area contributed by atoms with Gasteiger partial charge in [-0.1, -0.05) is 17.3 Å². The highest BCUT2D eigenvalue weighted by Crippen LogP contribution is 2.47. The molecule has 0 spiro atoms. The van der Waals surface area contributed by atoms with E-state index in [0.717, 1.165) is 24.6 Å². The summed E-state index contributed by atoms with van der Waals surface area (Å²) in [7, 11) is 0. The predicted molar refractivity (Wildman–Crippen MR) is 82.7 cm³/mol. The first-order valence-electron chi connectivity index (χ1n) is 8.63. The second-order valence-corrected chi connectivity index (χ2v) is 7.23. The Bertz CT molecular complexity index is 709. The number of rotatable bonds is 3. The van der Waals surface area contributed by atoms with Crippen LogP contribution in [-0.2, 0) is 0 Å². The molecule has 5 heteroatoms.